The van der Waals surface area contributed by atoms with E-state index in [1.54, 1.807) is 36.5 Å². The van der Waals surface area contributed by atoms with E-state index in [2.05, 4.69) is 16.9 Å². The summed E-state index contributed by atoms with van der Waals surface area (Å²) in [6.45, 7) is 4.16. The van der Waals surface area contributed by atoms with Crippen LogP contribution in [0.4, 0.5) is 5.69 Å². The van der Waals surface area contributed by atoms with Crippen molar-refractivity contribution in [2.45, 2.75) is 33.4 Å². The molecule has 0 radical (unpaired) electrons. The lowest BCUT2D eigenvalue weighted by Gasteiger charge is -2.13. The number of nitrogen functional groups attached to an aromatic ring is 1. The summed E-state index contributed by atoms with van der Waals surface area (Å²) in [5, 5.41) is 1.63. The van der Waals surface area contributed by atoms with E-state index < -0.39 is 11.4 Å². The van der Waals surface area contributed by atoms with Crippen LogP contribution in [0.1, 0.15) is 24.4 Å². The first-order valence-corrected chi connectivity index (χ1v) is 11.0. The Labute approximate surface area is 186 Å². The predicted octanol–water partition coefficient (Wildman–Crippen LogP) is 2.65. The molecule has 0 atom stereocenters. The van der Waals surface area contributed by atoms with Gasteiger partial charge < -0.3 is 5.84 Å². The van der Waals surface area contributed by atoms with Gasteiger partial charge in [0.2, 0.25) is 5.62 Å². The van der Waals surface area contributed by atoms with Gasteiger partial charge in [-0.2, -0.15) is 4.68 Å². The van der Waals surface area contributed by atoms with Gasteiger partial charge in [-0.3, -0.25) is 4.57 Å². The number of halogens is 1. The van der Waals surface area contributed by atoms with E-state index in [0.717, 1.165) is 36.5 Å². The van der Waals surface area contributed by atoms with Gasteiger partial charge in [-0.05, 0) is 49.2 Å². The second-order valence-corrected chi connectivity index (χ2v) is 8.47. The highest BCUT2D eigenvalue weighted by atomic mass is 35.5. The number of thiazole rings is 1. The Kier molecular flexibility index (Phi) is 5.79. The molecular formula is C21H21ClN6O2S. The van der Waals surface area contributed by atoms with Gasteiger partial charge >= 0.3 is 11.4 Å². The summed E-state index contributed by atoms with van der Waals surface area (Å²) in [6.07, 6.45) is 0.852. The van der Waals surface area contributed by atoms with Crippen molar-refractivity contribution >= 4 is 38.8 Å². The third kappa shape index (κ3) is 4.06. The molecule has 0 aliphatic rings. The van der Waals surface area contributed by atoms with Gasteiger partial charge in [-0.15, -0.1) is 11.3 Å². The van der Waals surface area contributed by atoms with Crippen LogP contribution in [0, 0.1) is 0 Å². The first-order chi connectivity index (χ1) is 14.9. The predicted molar refractivity (Wildman–Crippen MR) is 124 cm³/mol. The number of nitrogens with zero attached hydrogens (tertiary/aromatic N) is 5. The fraction of sp³-hybridized carbons (Fsp3) is 0.238. The minimum atomic E-state index is -0.620. The van der Waals surface area contributed by atoms with Crippen molar-refractivity contribution in [1.82, 2.24) is 18.8 Å². The van der Waals surface area contributed by atoms with E-state index in [4.69, 9.17) is 17.4 Å². The number of aromatic nitrogens is 4. The summed E-state index contributed by atoms with van der Waals surface area (Å²) < 4.78 is 4.36. The highest BCUT2D eigenvalue weighted by molar-refractivity contribution is 7.18. The van der Waals surface area contributed by atoms with Crippen LogP contribution in [0.25, 0.3) is 10.2 Å². The number of hydrogen-bond acceptors (Lipinski definition) is 6. The maximum absolute atomic E-state index is 13.1. The van der Waals surface area contributed by atoms with Gasteiger partial charge in [0.1, 0.15) is 0 Å². The molecule has 0 saturated heterocycles. The van der Waals surface area contributed by atoms with E-state index in [-0.39, 0.29) is 18.7 Å². The molecule has 0 aliphatic heterocycles. The molecule has 0 fully saturated rings. The monoisotopic (exact) mass is 456 g/mol. The maximum atomic E-state index is 13.1. The normalized spacial score (nSPS) is 12.0. The second-order valence-electron chi connectivity index (χ2n) is 6.92. The number of fused-ring (bicyclic) bond motifs is 1. The van der Waals surface area contributed by atoms with Crippen LogP contribution in [0.15, 0.2) is 57.0 Å². The lowest BCUT2D eigenvalue weighted by molar-refractivity contribution is 0.504. The average molecular weight is 457 g/mol. The number of benzene rings is 2. The first-order valence-electron chi connectivity index (χ1n) is 9.81. The molecule has 0 spiro atoms. The van der Waals surface area contributed by atoms with Gasteiger partial charge in [-0.1, -0.05) is 30.7 Å². The quantitative estimate of drug-likeness (QED) is 0.466. The van der Waals surface area contributed by atoms with Crippen molar-refractivity contribution in [2.75, 3.05) is 5.84 Å². The molecule has 31 heavy (non-hydrogen) atoms. The van der Waals surface area contributed by atoms with Gasteiger partial charge in [0.15, 0.2) is 0 Å². The van der Waals surface area contributed by atoms with Crippen LogP contribution in [0.5, 0.6) is 0 Å². The molecule has 0 aliphatic carbocycles. The summed E-state index contributed by atoms with van der Waals surface area (Å²) >= 11 is 7.57. The topological polar surface area (TPSA) is 100 Å². The zero-order valence-electron chi connectivity index (χ0n) is 17.1. The molecule has 2 aromatic carbocycles. The number of hydrogen-bond donors (Lipinski definition) is 1. The zero-order valence-corrected chi connectivity index (χ0v) is 18.7. The van der Waals surface area contributed by atoms with E-state index in [0.29, 0.717) is 10.7 Å². The molecule has 2 N–H and O–H groups in total. The maximum Gasteiger partial charge on any atom is 0.353 e. The summed E-state index contributed by atoms with van der Waals surface area (Å²) in [6, 6.07) is 12.7. The molecule has 2 heterocycles. The summed E-state index contributed by atoms with van der Waals surface area (Å²) in [5.74, 6) is 6.09. The largest absolute Gasteiger partial charge is 0.353 e. The zero-order chi connectivity index (χ0) is 22.1. The smallest absolute Gasteiger partial charge is 0.332 e. The fourth-order valence-electron chi connectivity index (χ4n) is 3.25. The van der Waals surface area contributed by atoms with Gasteiger partial charge in [0, 0.05) is 11.6 Å². The third-order valence-corrected chi connectivity index (χ3v) is 6.29. The molecule has 0 saturated carbocycles. The molecule has 0 unspecified atom stereocenters. The standard InChI is InChI=1S/C21H21ClN6O2S/c1-3-18-25-16-10-9-15(11-17(16)31-18)24-19-27(12-13-5-7-14(22)8-6-13)20(29)26(4-2)21(30)28(19)23/h5-11H,3-4,12,23H2,1-2H3/b24-19-. The molecule has 10 heteroatoms. The van der Waals surface area contributed by atoms with E-state index in [1.165, 1.54) is 4.57 Å². The molecule has 4 rings (SSSR count). The second kappa shape index (κ2) is 8.52. The van der Waals surface area contributed by atoms with Crippen LogP contribution in [-0.4, -0.2) is 18.8 Å². The van der Waals surface area contributed by atoms with E-state index in [9.17, 15) is 9.59 Å². The Bertz CT molecular complexity index is 1450. The Morgan fingerprint density at radius 2 is 1.81 bits per heavy atom. The summed E-state index contributed by atoms with van der Waals surface area (Å²) in [7, 11) is 0. The SMILES string of the molecule is CCc1nc2ccc(/N=c3\n(N)c(=O)n(CC)c(=O)n3Cc3ccc(Cl)cc3)cc2s1. The average Bonchev–Trinajstić information content (AvgIpc) is 3.19. The van der Waals surface area contributed by atoms with Crippen molar-refractivity contribution in [1.29, 1.82) is 0 Å². The van der Waals surface area contributed by atoms with Crippen LogP contribution in [0.3, 0.4) is 0 Å². The Hall–Kier alpha value is -3.17. The molecule has 160 valence electrons. The fourth-order valence-corrected chi connectivity index (χ4v) is 4.32. The first kappa shape index (κ1) is 21.1. The van der Waals surface area contributed by atoms with Crippen molar-refractivity contribution in [3.05, 3.63) is 84.6 Å². The number of aryl methyl sites for hydroxylation is 1. The Balaban J connectivity index is 1.94. The van der Waals surface area contributed by atoms with Gasteiger partial charge in [-0.25, -0.2) is 24.1 Å². The Morgan fingerprint density at radius 3 is 2.48 bits per heavy atom. The lowest BCUT2D eigenvalue weighted by Crippen LogP contribution is -2.57. The van der Waals surface area contributed by atoms with Crippen molar-refractivity contribution in [3.8, 4) is 0 Å². The number of nitrogens with two attached hydrogens (primary N) is 1. The molecule has 0 bridgehead atoms. The van der Waals surface area contributed by atoms with Crippen molar-refractivity contribution in [3.63, 3.8) is 0 Å². The molecule has 2 aromatic heterocycles. The summed E-state index contributed by atoms with van der Waals surface area (Å²) in [5.41, 5.74) is 1.27. The Morgan fingerprint density at radius 1 is 1.06 bits per heavy atom. The number of rotatable bonds is 5. The minimum absolute atomic E-state index is 0.0641. The third-order valence-electron chi connectivity index (χ3n) is 4.87. The van der Waals surface area contributed by atoms with Gasteiger partial charge in [0.25, 0.3) is 0 Å². The van der Waals surface area contributed by atoms with E-state index in [1.807, 2.05) is 24.3 Å². The molecule has 4 aromatic rings. The highest BCUT2D eigenvalue weighted by Gasteiger charge is 2.13. The molecule has 8 nitrogen and oxygen atoms in total. The molecular weight excluding hydrogens is 436 g/mol. The van der Waals surface area contributed by atoms with Crippen LogP contribution >= 0.6 is 22.9 Å². The van der Waals surface area contributed by atoms with Crippen LogP contribution < -0.4 is 22.8 Å². The highest BCUT2D eigenvalue weighted by Crippen LogP contribution is 2.26. The van der Waals surface area contributed by atoms with Crippen molar-refractivity contribution < 1.29 is 0 Å². The van der Waals surface area contributed by atoms with Crippen LogP contribution in [-0.2, 0) is 19.5 Å². The van der Waals surface area contributed by atoms with Crippen LogP contribution in [0.2, 0.25) is 5.02 Å². The summed E-state index contributed by atoms with van der Waals surface area (Å²) in [4.78, 5) is 34.8. The lowest BCUT2D eigenvalue weighted by atomic mass is 10.2. The van der Waals surface area contributed by atoms with Gasteiger partial charge in [0.05, 0.1) is 27.5 Å². The van der Waals surface area contributed by atoms with Crippen molar-refractivity contribution in [2.24, 2.45) is 4.99 Å². The minimum Gasteiger partial charge on any atom is -0.332 e. The molecule has 0 amide bonds. The van der Waals surface area contributed by atoms with E-state index >= 15 is 0 Å².